The molecule has 1 aromatic heterocycles. The van der Waals surface area contributed by atoms with E-state index in [0.29, 0.717) is 17.1 Å². The molecule has 0 amide bonds. The lowest BCUT2D eigenvalue weighted by Crippen LogP contribution is -2.02. The van der Waals surface area contributed by atoms with Crippen molar-refractivity contribution >= 4 is 28.5 Å². The summed E-state index contributed by atoms with van der Waals surface area (Å²) in [6.45, 7) is 1.37. The molecule has 82 valence electrons. The van der Waals surface area contributed by atoms with E-state index in [2.05, 4.69) is 4.98 Å². The first-order chi connectivity index (χ1) is 7.72. The fourth-order valence-electron chi connectivity index (χ4n) is 1.56. The summed E-state index contributed by atoms with van der Waals surface area (Å²) in [5, 5.41) is 0.913. The third-order valence-electron chi connectivity index (χ3n) is 2.22. The van der Waals surface area contributed by atoms with Gasteiger partial charge < -0.3 is 4.74 Å². The fraction of sp³-hybridized carbons (Fsp3) is 0.167. The minimum absolute atomic E-state index is 0.356. The molecule has 0 saturated carbocycles. The van der Waals surface area contributed by atoms with Crippen LogP contribution < -0.4 is 4.74 Å². The summed E-state index contributed by atoms with van der Waals surface area (Å²) in [6.07, 6.45) is 1.66. The third-order valence-corrected chi connectivity index (χ3v) is 2.51. The standard InChI is InChI=1S/C12H10ClNO2/c1-8(15)16-11-5-4-9(7-13)10-3-2-6-14-12(10)11/h2-6H,7H2,1H3. The predicted octanol–water partition coefficient (Wildman–Crippen LogP) is 2.90. The van der Waals surface area contributed by atoms with Crippen molar-refractivity contribution in [2.75, 3.05) is 0 Å². The topological polar surface area (TPSA) is 39.2 Å². The van der Waals surface area contributed by atoms with Gasteiger partial charge in [0, 0.05) is 24.4 Å². The summed E-state index contributed by atoms with van der Waals surface area (Å²) in [4.78, 5) is 15.1. The summed E-state index contributed by atoms with van der Waals surface area (Å²) in [6, 6.07) is 7.30. The average Bonchev–Trinajstić information content (AvgIpc) is 2.29. The Morgan fingerprint density at radius 2 is 2.25 bits per heavy atom. The van der Waals surface area contributed by atoms with E-state index in [4.69, 9.17) is 16.3 Å². The van der Waals surface area contributed by atoms with E-state index in [-0.39, 0.29) is 5.97 Å². The second-order valence-corrected chi connectivity index (χ2v) is 3.62. The number of ether oxygens (including phenoxy) is 1. The van der Waals surface area contributed by atoms with Crippen LogP contribution in [0.5, 0.6) is 5.75 Å². The average molecular weight is 236 g/mol. The molecule has 0 fully saturated rings. The van der Waals surface area contributed by atoms with Crippen molar-refractivity contribution in [2.24, 2.45) is 0 Å². The van der Waals surface area contributed by atoms with E-state index in [9.17, 15) is 4.79 Å². The normalized spacial score (nSPS) is 10.4. The Kier molecular flexibility index (Phi) is 3.06. The van der Waals surface area contributed by atoms with Gasteiger partial charge in [-0.25, -0.2) is 0 Å². The Morgan fingerprint density at radius 1 is 1.44 bits per heavy atom. The van der Waals surface area contributed by atoms with Crippen LogP contribution in [0.4, 0.5) is 0 Å². The molecule has 0 bridgehead atoms. The quantitative estimate of drug-likeness (QED) is 0.456. The maximum Gasteiger partial charge on any atom is 0.308 e. The Bertz CT molecular complexity index is 540. The lowest BCUT2D eigenvalue weighted by molar-refractivity contribution is -0.131. The lowest BCUT2D eigenvalue weighted by atomic mass is 10.1. The number of nitrogens with zero attached hydrogens (tertiary/aromatic N) is 1. The van der Waals surface area contributed by atoms with Crippen LogP contribution in [-0.4, -0.2) is 11.0 Å². The molecule has 0 spiro atoms. The van der Waals surface area contributed by atoms with E-state index < -0.39 is 0 Å². The van der Waals surface area contributed by atoms with Gasteiger partial charge in [0.25, 0.3) is 0 Å². The smallest absolute Gasteiger partial charge is 0.308 e. The molecule has 4 heteroatoms. The number of hydrogen-bond acceptors (Lipinski definition) is 3. The van der Waals surface area contributed by atoms with Gasteiger partial charge in [0.15, 0.2) is 5.75 Å². The van der Waals surface area contributed by atoms with Gasteiger partial charge >= 0.3 is 5.97 Å². The van der Waals surface area contributed by atoms with Crippen molar-refractivity contribution in [3.63, 3.8) is 0 Å². The number of halogens is 1. The van der Waals surface area contributed by atoms with Crippen LogP contribution in [0.2, 0.25) is 0 Å². The first-order valence-electron chi connectivity index (χ1n) is 4.83. The number of esters is 1. The molecule has 1 aromatic carbocycles. The number of hydrogen-bond donors (Lipinski definition) is 0. The number of pyridine rings is 1. The zero-order chi connectivity index (χ0) is 11.5. The van der Waals surface area contributed by atoms with Crippen molar-refractivity contribution in [3.8, 4) is 5.75 Å². The minimum Gasteiger partial charge on any atom is -0.424 e. The Balaban J connectivity index is 2.64. The molecule has 0 aliphatic heterocycles. The highest BCUT2D eigenvalue weighted by atomic mass is 35.5. The molecule has 2 aromatic rings. The zero-order valence-corrected chi connectivity index (χ0v) is 9.49. The molecule has 0 aliphatic carbocycles. The Labute approximate surface area is 98.0 Å². The van der Waals surface area contributed by atoms with E-state index >= 15 is 0 Å². The van der Waals surface area contributed by atoms with Crippen molar-refractivity contribution < 1.29 is 9.53 Å². The fourth-order valence-corrected chi connectivity index (χ4v) is 1.79. The summed E-state index contributed by atoms with van der Waals surface area (Å²) >= 11 is 5.83. The van der Waals surface area contributed by atoms with Gasteiger partial charge in [-0.3, -0.25) is 9.78 Å². The summed E-state index contributed by atoms with van der Waals surface area (Å²) < 4.78 is 5.08. The number of aromatic nitrogens is 1. The molecule has 0 aliphatic rings. The van der Waals surface area contributed by atoms with Gasteiger partial charge in [-0.05, 0) is 17.7 Å². The molecule has 1 heterocycles. The highest BCUT2D eigenvalue weighted by Crippen LogP contribution is 2.27. The molecule has 16 heavy (non-hydrogen) atoms. The third kappa shape index (κ3) is 1.99. The van der Waals surface area contributed by atoms with Crippen LogP contribution >= 0.6 is 11.6 Å². The van der Waals surface area contributed by atoms with E-state index in [1.54, 1.807) is 12.3 Å². The van der Waals surface area contributed by atoms with Gasteiger partial charge in [0.1, 0.15) is 5.52 Å². The SMILES string of the molecule is CC(=O)Oc1ccc(CCl)c2cccnc12. The first kappa shape index (κ1) is 10.9. The van der Waals surface area contributed by atoms with Gasteiger partial charge in [-0.2, -0.15) is 0 Å². The van der Waals surface area contributed by atoms with Crippen LogP contribution in [0.1, 0.15) is 12.5 Å². The molecule has 0 N–H and O–H groups in total. The summed E-state index contributed by atoms with van der Waals surface area (Å²) in [7, 11) is 0. The van der Waals surface area contributed by atoms with Crippen LogP contribution in [0.3, 0.4) is 0 Å². The minimum atomic E-state index is -0.356. The monoisotopic (exact) mass is 235 g/mol. The van der Waals surface area contributed by atoms with Gasteiger partial charge in [-0.1, -0.05) is 12.1 Å². The maximum atomic E-state index is 10.9. The maximum absolute atomic E-state index is 10.9. The zero-order valence-electron chi connectivity index (χ0n) is 8.74. The van der Waals surface area contributed by atoms with Crippen LogP contribution in [-0.2, 0) is 10.7 Å². The van der Waals surface area contributed by atoms with Crippen LogP contribution in [0.25, 0.3) is 10.9 Å². The largest absolute Gasteiger partial charge is 0.424 e. The molecule has 0 unspecified atom stereocenters. The van der Waals surface area contributed by atoms with Crippen molar-refractivity contribution in [1.29, 1.82) is 0 Å². The number of carbonyl (C=O) groups excluding carboxylic acids is 1. The van der Waals surface area contributed by atoms with E-state index in [1.165, 1.54) is 6.92 Å². The van der Waals surface area contributed by atoms with Crippen molar-refractivity contribution in [1.82, 2.24) is 4.98 Å². The molecule has 0 radical (unpaired) electrons. The molecular weight excluding hydrogens is 226 g/mol. The molecule has 0 saturated heterocycles. The molecule has 2 rings (SSSR count). The molecular formula is C12H10ClNO2. The predicted molar refractivity (Wildman–Crippen MR) is 62.6 cm³/mol. The van der Waals surface area contributed by atoms with Crippen molar-refractivity contribution in [3.05, 3.63) is 36.0 Å². The summed E-state index contributed by atoms with van der Waals surface area (Å²) in [5.74, 6) is 0.519. The first-order valence-corrected chi connectivity index (χ1v) is 5.37. The van der Waals surface area contributed by atoms with Crippen molar-refractivity contribution in [2.45, 2.75) is 12.8 Å². The second kappa shape index (κ2) is 4.49. The van der Waals surface area contributed by atoms with Gasteiger partial charge in [-0.15, -0.1) is 11.6 Å². The van der Waals surface area contributed by atoms with Crippen LogP contribution in [0, 0.1) is 0 Å². The highest BCUT2D eigenvalue weighted by molar-refractivity contribution is 6.18. The van der Waals surface area contributed by atoms with E-state index in [0.717, 1.165) is 10.9 Å². The molecule has 3 nitrogen and oxygen atoms in total. The number of alkyl halides is 1. The number of rotatable bonds is 2. The Hall–Kier alpha value is -1.61. The lowest BCUT2D eigenvalue weighted by Gasteiger charge is -2.07. The number of benzene rings is 1. The summed E-state index contributed by atoms with van der Waals surface area (Å²) in [5.41, 5.74) is 1.64. The molecule has 0 atom stereocenters. The van der Waals surface area contributed by atoms with E-state index in [1.807, 2.05) is 18.2 Å². The number of fused-ring (bicyclic) bond motifs is 1. The van der Waals surface area contributed by atoms with Gasteiger partial charge in [0.2, 0.25) is 0 Å². The highest BCUT2D eigenvalue weighted by Gasteiger charge is 2.08. The number of carbonyl (C=O) groups is 1. The van der Waals surface area contributed by atoms with Gasteiger partial charge in [0.05, 0.1) is 0 Å². The Morgan fingerprint density at radius 3 is 2.94 bits per heavy atom. The second-order valence-electron chi connectivity index (χ2n) is 3.35. The van der Waals surface area contributed by atoms with Crippen LogP contribution in [0.15, 0.2) is 30.5 Å².